The highest BCUT2D eigenvalue weighted by molar-refractivity contribution is 8.08. The van der Waals surface area contributed by atoms with Gasteiger partial charge in [0, 0.05) is 18.5 Å². The highest BCUT2D eigenvalue weighted by Crippen LogP contribution is 2.13. The number of anilines is 1. The Bertz CT molecular complexity index is 609. The fourth-order valence-corrected chi connectivity index (χ4v) is 4.42. The van der Waals surface area contributed by atoms with Gasteiger partial charge in [-0.05, 0) is 24.7 Å². The third-order valence-corrected chi connectivity index (χ3v) is 5.45. The topological polar surface area (TPSA) is 92.3 Å². The van der Waals surface area contributed by atoms with Gasteiger partial charge >= 0.3 is 0 Å². The van der Waals surface area contributed by atoms with E-state index in [2.05, 4.69) is 10.0 Å². The van der Waals surface area contributed by atoms with Gasteiger partial charge in [-0.2, -0.15) is 0 Å². The molecule has 2 N–H and O–H groups in total. The standard InChI is InChI=1S/C10H16N2O4S2/c1-11-7-9-4-3-5-10(6-9)12-18(15,16)8-17(2,13)14/h3-6,11-12H,7-8H2,1-2H3. The summed E-state index contributed by atoms with van der Waals surface area (Å²) in [6.45, 7) is 0.599. The maximum Gasteiger partial charge on any atom is 0.247 e. The van der Waals surface area contributed by atoms with E-state index in [4.69, 9.17) is 0 Å². The average molecular weight is 292 g/mol. The minimum atomic E-state index is -3.88. The smallest absolute Gasteiger partial charge is 0.247 e. The van der Waals surface area contributed by atoms with E-state index in [1.165, 1.54) is 0 Å². The van der Waals surface area contributed by atoms with E-state index in [1.807, 2.05) is 6.07 Å². The zero-order valence-electron chi connectivity index (χ0n) is 10.2. The number of sulfone groups is 1. The summed E-state index contributed by atoms with van der Waals surface area (Å²) < 4.78 is 47.4. The van der Waals surface area contributed by atoms with Crippen LogP contribution in [0.2, 0.25) is 0 Å². The molecule has 0 aliphatic heterocycles. The molecule has 0 bridgehead atoms. The second kappa shape index (κ2) is 5.68. The van der Waals surface area contributed by atoms with E-state index in [-0.39, 0.29) is 0 Å². The van der Waals surface area contributed by atoms with Crippen LogP contribution in [-0.4, -0.2) is 35.2 Å². The van der Waals surface area contributed by atoms with Gasteiger partial charge in [-0.15, -0.1) is 0 Å². The van der Waals surface area contributed by atoms with Crippen LogP contribution in [0.1, 0.15) is 5.56 Å². The van der Waals surface area contributed by atoms with Crippen LogP contribution in [0.3, 0.4) is 0 Å². The molecule has 1 aromatic rings. The van der Waals surface area contributed by atoms with Gasteiger partial charge in [0.25, 0.3) is 0 Å². The zero-order chi connectivity index (χ0) is 13.8. The van der Waals surface area contributed by atoms with Gasteiger partial charge in [-0.25, -0.2) is 16.8 Å². The molecule has 102 valence electrons. The van der Waals surface area contributed by atoms with Crippen LogP contribution in [0.15, 0.2) is 24.3 Å². The van der Waals surface area contributed by atoms with Crippen LogP contribution in [0.5, 0.6) is 0 Å². The Morgan fingerprint density at radius 1 is 1.17 bits per heavy atom. The van der Waals surface area contributed by atoms with Gasteiger partial charge in [0.15, 0.2) is 14.9 Å². The largest absolute Gasteiger partial charge is 0.316 e. The summed E-state index contributed by atoms with van der Waals surface area (Å²) in [7, 11) is -5.69. The molecule has 8 heteroatoms. The lowest BCUT2D eigenvalue weighted by Gasteiger charge is -2.08. The molecule has 0 amide bonds. The first-order chi connectivity index (χ1) is 8.22. The number of hydrogen-bond acceptors (Lipinski definition) is 5. The zero-order valence-corrected chi connectivity index (χ0v) is 11.8. The molecule has 0 aliphatic carbocycles. The predicted octanol–water partition coefficient (Wildman–Crippen LogP) is 0.150. The Morgan fingerprint density at radius 3 is 2.39 bits per heavy atom. The lowest BCUT2D eigenvalue weighted by atomic mass is 10.2. The molecule has 0 unspecified atom stereocenters. The quantitative estimate of drug-likeness (QED) is 0.778. The van der Waals surface area contributed by atoms with Crippen molar-refractivity contribution < 1.29 is 16.8 Å². The molecule has 0 saturated carbocycles. The molecule has 0 spiro atoms. The van der Waals surface area contributed by atoms with Gasteiger partial charge in [-0.3, -0.25) is 4.72 Å². The molecular weight excluding hydrogens is 276 g/mol. The Kier molecular flexibility index (Phi) is 4.71. The molecule has 0 fully saturated rings. The van der Waals surface area contributed by atoms with Crippen molar-refractivity contribution in [1.82, 2.24) is 5.32 Å². The Hall–Kier alpha value is -1.12. The highest BCUT2D eigenvalue weighted by Gasteiger charge is 2.17. The molecule has 18 heavy (non-hydrogen) atoms. The molecule has 0 heterocycles. The van der Waals surface area contributed by atoms with Crippen LogP contribution in [-0.2, 0) is 26.4 Å². The van der Waals surface area contributed by atoms with Crippen LogP contribution >= 0.6 is 0 Å². The molecule has 0 atom stereocenters. The second-order valence-electron chi connectivity index (χ2n) is 3.99. The first-order valence-electron chi connectivity index (χ1n) is 5.13. The van der Waals surface area contributed by atoms with E-state index in [0.717, 1.165) is 11.8 Å². The molecule has 0 aromatic heterocycles. The first-order valence-corrected chi connectivity index (χ1v) is 8.85. The summed E-state index contributed by atoms with van der Waals surface area (Å²) in [5, 5.41) is 2.02. The Morgan fingerprint density at radius 2 is 1.83 bits per heavy atom. The average Bonchev–Trinajstić information content (AvgIpc) is 2.13. The van der Waals surface area contributed by atoms with E-state index >= 15 is 0 Å². The van der Waals surface area contributed by atoms with Gasteiger partial charge in [0.2, 0.25) is 10.0 Å². The van der Waals surface area contributed by atoms with E-state index in [0.29, 0.717) is 12.2 Å². The Labute approximate surface area is 107 Å². The van der Waals surface area contributed by atoms with Crippen LogP contribution in [0, 0.1) is 0 Å². The number of nitrogens with one attached hydrogen (secondary N) is 2. The van der Waals surface area contributed by atoms with Gasteiger partial charge in [0.05, 0.1) is 0 Å². The molecule has 1 rings (SSSR count). The van der Waals surface area contributed by atoms with Crippen molar-refractivity contribution in [2.24, 2.45) is 0 Å². The van der Waals surface area contributed by atoms with Crippen LogP contribution in [0.25, 0.3) is 0 Å². The molecule has 0 saturated heterocycles. The minimum Gasteiger partial charge on any atom is -0.316 e. The summed E-state index contributed by atoms with van der Waals surface area (Å²) in [6.07, 6.45) is 0.879. The lowest BCUT2D eigenvalue weighted by Crippen LogP contribution is -2.22. The Balaban J connectivity index is 2.87. The lowest BCUT2D eigenvalue weighted by molar-refractivity contribution is 0.595. The molecule has 1 aromatic carbocycles. The third-order valence-electron chi connectivity index (χ3n) is 1.95. The summed E-state index contributed by atoms with van der Waals surface area (Å²) in [5.41, 5.74) is 1.25. The first kappa shape index (κ1) is 14.9. The molecular formula is C10H16N2O4S2. The summed E-state index contributed by atoms with van der Waals surface area (Å²) >= 11 is 0. The minimum absolute atomic E-state index is 0.353. The monoisotopic (exact) mass is 292 g/mol. The third kappa shape index (κ3) is 5.48. The van der Waals surface area contributed by atoms with Crippen molar-refractivity contribution in [2.75, 3.05) is 23.1 Å². The SMILES string of the molecule is CNCc1cccc(NS(=O)(=O)CS(C)(=O)=O)c1. The second-order valence-corrected chi connectivity index (χ2v) is 8.22. The highest BCUT2D eigenvalue weighted by atomic mass is 32.3. The maximum absolute atomic E-state index is 11.6. The number of benzene rings is 1. The van der Waals surface area contributed by atoms with Crippen molar-refractivity contribution >= 4 is 25.5 Å². The van der Waals surface area contributed by atoms with Gasteiger partial charge < -0.3 is 5.32 Å². The number of rotatable bonds is 6. The maximum atomic E-state index is 11.6. The normalized spacial score (nSPS) is 12.3. The van der Waals surface area contributed by atoms with Crippen LogP contribution in [0.4, 0.5) is 5.69 Å². The van der Waals surface area contributed by atoms with Crippen molar-refractivity contribution in [3.8, 4) is 0 Å². The summed E-state index contributed by atoms with van der Waals surface area (Å²) in [4.78, 5) is 0. The van der Waals surface area contributed by atoms with Crippen molar-refractivity contribution in [3.63, 3.8) is 0 Å². The molecule has 0 radical (unpaired) electrons. The summed E-state index contributed by atoms with van der Waals surface area (Å²) in [5.74, 6) is 0. The summed E-state index contributed by atoms with van der Waals surface area (Å²) in [6, 6.07) is 6.76. The fourth-order valence-electron chi connectivity index (χ4n) is 1.44. The molecule has 0 aliphatic rings. The van der Waals surface area contributed by atoms with Gasteiger partial charge in [-0.1, -0.05) is 12.1 Å². The van der Waals surface area contributed by atoms with E-state index < -0.39 is 24.9 Å². The molecule has 6 nitrogen and oxygen atoms in total. The number of hydrogen-bond donors (Lipinski definition) is 2. The van der Waals surface area contributed by atoms with E-state index in [9.17, 15) is 16.8 Å². The van der Waals surface area contributed by atoms with Crippen LogP contribution < -0.4 is 10.0 Å². The van der Waals surface area contributed by atoms with E-state index in [1.54, 1.807) is 25.2 Å². The number of sulfonamides is 1. The van der Waals surface area contributed by atoms with Crippen molar-refractivity contribution in [1.29, 1.82) is 0 Å². The van der Waals surface area contributed by atoms with Crippen molar-refractivity contribution in [2.45, 2.75) is 6.54 Å². The van der Waals surface area contributed by atoms with Gasteiger partial charge in [0.1, 0.15) is 0 Å². The predicted molar refractivity (Wildman–Crippen MR) is 71.5 cm³/mol. The van der Waals surface area contributed by atoms with Crippen molar-refractivity contribution in [3.05, 3.63) is 29.8 Å². The fraction of sp³-hybridized carbons (Fsp3) is 0.400.